The average Bonchev–Trinajstić information content (AvgIpc) is 3.31. The van der Waals surface area contributed by atoms with Gasteiger partial charge in [0, 0.05) is 23.6 Å². The van der Waals surface area contributed by atoms with Crippen LogP contribution in [0.4, 0.5) is 0 Å². The van der Waals surface area contributed by atoms with Crippen molar-refractivity contribution in [3.05, 3.63) is 11.6 Å². The van der Waals surface area contributed by atoms with E-state index in [9.17, 15) is 15.0 Å². The Labute approximate surface area is 248 Å². The van der Waals surface area contributed by atoms with Gasteiger partial charge in [0.15, 0.2) is 18.2 Å². The maximum Gasteiger partial charge on any atom is 0.311 e. The molecule has 4 aliphatic heterocycles. The molecule has 40 heavy (non-hydrogen) atoms. The first-order valence-electron chi connectivity index (χ1n) is 14.8. The lowest BCUT2D eigenvalue weighted by Gasteiger charge is -2.48. The smallest absolute Gasteiger partial charge is 0.311 e. The molecule has 4 heterocycles. The fourth-order valence-corrected chi connectivity index (χ4v) is 8.13. The normalized spacial score (nSPS) is 50.1. The van der Waals surface area contributed by atoms with Gasteiger partial charge in [0.25, 0.3) is 0 Å². The van der Waals surface area contributed by atoms with Crippen molar-refractivity contribution in [3.63, 3.8) is 0 Å². The quantitative estimate of drug-likeness (QED) is 0.205. The summed E-state index contributed by atoms with van der Waals surface area (Å²) in [7, 11) is 6.16. The van der Waals surface area contributed by atoms with Crippen molar-refractivity contribution in [2.45, 2.75) is 128 Å². The summed E-state index contributed by atoms with van der Waals surface area (Å²) in [6, 6.07) is -0.107. The van der Waals surface area contributed by atoms with Crippen LogP contribution >= 0.6 is 15.9 Å². The highest BCUT2D eigenvalue weighted by atomic mass is 79.9. The summed E-state index contributed by atoms with van der Waals surface area (Å²) in [6.07, 6.45) is -0.475. The molecule has 0 aliphatic carbocycles. The highest BCUT2D eigenvalue weighted by Crippen LogP contribution is 2.56. The number of likely N-dealkylation sites (N-methyl/N-ethyl adjacent to an activating group) is 1. The SMILES string of the molecule is CC[C@H]1OC(=O)[C@H](C)[C@@H](O)[C@H](C)[C@@H](O[C@@H]2O[C@H](C)C[C@H]([N+](C)(C)C)[C@H]2O)[C@@]2(C)C[C@@H](C)C3(OC1(C)C=C3CBr)O2. The number of hydrogen-bond acceptors (Lipinski definition) is 8. The zero-order valence-corrected chi connectivity index (χ0v) is 27.4. The first-order chi connectivity index (χ1) is 18.4. The van der Waals surface area contributed by atoms with Crippen molar-refractivity contribution >= 4 is 21.9 Å². The number of fused-ring (bicyclic) bond motifs is 2. The molecular weight excluding hydrogens is 582 g/mol. The standard InChI is InChI=1S/C30H51BrNO8/c1-11-22-28(6)14-20(15-31)30(39-28)16(2)13-29(7,40-30)25(18(4)23(33)19(5)26(35)37-22)38-27-24(34)21(32(8,9)10)12-17(3)36-27/h14,16-19,21-25,27,33-34H,11-13,15H2,1-10H3/q+1/t16-,17-,18+,19-,21+,22-,23+,24-,25-,27+,28?,29-,30?/m1/s1. The molecule has 0 saturated carbocycles. The number of carbonyl (C=O) groups is 1. The fourth-order valence-electron chi connectivity index (χ4n) is 7.58. The number of aliphatic hydroxyl groups excluding tert-OH is 2. The third-order valence-electron chi connectivity index (χ3n) is 9.83. The van der Waals surface area contributed by atoms with Gasteiger partial charge in [-0.05, 0) is 52.2 Å². The summed E-state index contributed by atoms with van der Waals surface area (Å²) in [5.41, 5.74) is -0.894. The van der Waals surface area contributed by atoms with Crippen LogP contribution in [0.5, 0.6) is 0 Å². The number of ether oxygens (including phenoxy) is 5. The van der Waals surface area contributed by atoms with Gasteiger partial charge < -0.3 is 38.4 Å². The zero-order chi connectivity index (χ0) is 30.0. The van der Waals surface area contributed by atoms with Crippen molar-refractivity contribution in [3.8, 4) is 0 Å². The molecule has 0 amide bonds. The molecule has 2 N–H and O–H groups in total. The number of rotatable bonds is 5. The minimum Gasteiger partial charge on any atom is -0.459 e. The molecule has 10 heteroatoms. The van der Waals surface area contributed by atoms with E-state index in [1.807, 2.05) is 40.7 Å². The van der Waals surface area contributed by atoms with Gasteiger partial charge in [-0.1, -0.05) is 36.7 Å². The van der Waals surface area contributed by atoms with Crippen LogP contribution in [0.3, 0.4) is 0 Å². The number of nitrogens with zero attached hydrogens (tertiary/aromatic N) is 1. The summed E-state index contributed by atoms with van der Waals surface area (Å²) in [4.78, 5) is 13.4. The van der Waals surface area contributed by atoms with Crippen LogP contribution in [0.2, 0.25) is 0 Å². The molecule has 3 fully saturated rings. The van der Waals surface area contributed by atoms with Gasteiger partial charge in [-0.15, -0.1) is 0 Å². The molecule has 0 radical (unpaired) electrons. The number of cyclic esters (lactones) is 1. The van der Waals surface area contributed by atoms with E-state index in [4.69, 9.17) is 23.7 Å². The van der Waals surface area contributed by atoms with Crippen LogP contribution in [0.25, 0.3) is 0 Å². The third kappa shape index (κ3) is 5.45. The summed E-state index contributed by atoms with van der Waals surface area (Å²) in [5.74, 6) is -2.99. The Balaban J connectivity index is 1.79. The van der Waals surface area contributed by atoms with Gasteiger partial charge in [-0.3, -0.25) is 4.79 Å². The minimum atomic E-state index is -1.08. The highest BCUT2D eigenvalue weighted by Gasteiger charge is 2.65. The van der Waals surface area contributed by atoms with Gasteiger partial charge in [0.1, 0.15) is 17.7 Å². The molecule has 230 valence electrons. The van der Waals surface area contributed by atoms with Crippen molar-refractivity contribution in [1.82, 2.24) is 0 Å². The number of aliphatic hydroxyl groups is 2. The molecule has 2 unspecified atom stereocenters. The Morgan fingerprint density at radius 1 is 1.10 bits per heavy atom. The van der Waals surface area contributed by atoms with E-state index in [1.54, 1.807) is 6.92 Å². The average molecular weight is 634 g/mol. The van der Waals surface area contributed by atoms with Gasteiger partial charge in [-0.25, -0.2) is 0 Å². The van der Waals surface area contributed by atoms with Crippen molar-refractivity contribution in [1.29, 1.82) is 0 Å². The second kappa shape index (κ2) is 11.2. The van der Waals surface area contributed by atoms with E-state index in [2.05, 4.69) is 44.0 Å². The zero-order valence-electron chi connectivity index (χ0n) is 25.8. The van der Waals surface area contributed by atoms with Crippen LogP contribution < -0.4 is 0 Å². The lowest BCUT2D eigenvalue weighted by atomic mass is 9.78. The minimum absolute atomic E-state index is 0.0694. The number of quaternary nitrogens is 1. The Kier molecular flexibility index (Phi) is 9.02. The van der Waals surface area contributed by atoms with Crippen molar-refractivity contribution in [2.24, 2.45) is 17.8 Å². The monoisotopic (exact) mass is 632 g/mol. The summed E-state index contributed by atoms with van der Waals surface area (Å²) >= 11 is 3.65. The number of halogens is 1. The Bertz CT molecular complexity index is 987. The molecule has 9 nitrogen and oxygen atoms in total. The molecule has 4 rings (SSSR count). The fraction of sp³-hybridized carbons (Fsp3) is 0.900. The maximum atomic E-state index is 13.4. The molecule has 0 aromatic rings. The lowest BCUT2D eigenvalue weighted by molar-refractivity contribution is -0.903. The highest BCUT2D eigenvalue weighted by molar-refractivity contribution is 9.09. The molecule has 1 spiro atoms. The van der Waals surface area contributed by atoms with E-state index in [-0.39, 0.29) is 18.1 Å². The maximum absolute atomic E-state index is 13.4. The van der Waals surface area contributed by atoms with E-state index in [0.29, 0.717) is 29.1 Å². The second-order valence-electron chi connectivity index (χ2n) is 14.0. The largest absolute Gasteiger partial charge is 0.459 e. The second-order valence-corrected chi connectivity index (χ2v) is 14.6. The van der Waals surface area contributed by atoms with E-state index in [0.717, 1.165) is 5.57 Å². The van der Waals surface area contributed by atoms with E-state index < -0.39 is 65.5 Å². The Hall–Kier alpha value is -0.590. The predicted molar refractivity (Wildman–Crippen MR) is 154 cm³/mol. The van der Waals surface area contributed by atoms with Crippen LogP contribution in [0.15, 0.2) is 11.6 Å². The molecule has 0 aromatic heterocycles. The Morgan fingerprint density at radius 3 is 2.33 bits per heavy atom. The summed E-state index contributed by atoms with van der Waals surface area (Å²) in [5, 5.41) is 23.6. The van der Waals surface area contributed by atoms with Gasteiger partial charge in [-0.2, -0.15) is 0 Å². The molecule has 13 atom stereocenters. The summed E-state index contributed by atoms with van der Waals surface area (Å²) < 4.78 is 33.4. The number of hydrogen-bond donors (Lipinski definition) is 2. The predicted octanol–water partition coefficient (Wildman–Crippen LogP) is 3.53. The molecule has 4 aliphatic rings. The van der Waals surface area contributed by atoms with E-state index >= 15 is 0 Å². The number of esters is 1. The van der Waals surface area contributed by atoms with E-state index in [1.165, 1.54) is 0 Å². The molecule has 0 aromatic carbocycles. The van der Waals surface area contributed by atoms with Crippen LogP contribution in [-0.2, 0) is 28.5 Å². The van der Waals surface area contributed by atoms with Crippen LogP contribution in [0.1, 0.15) is 67.7 Å². The first-order valence-corrected chi connectivity index (χ1v) is 15.9. The molecular formula is C30H51BrNO8+. The van der Waals surface area contributed by atoms with Crippen LogP contribution in [-0.4, -0.2) is 107 Å². The third-order valence-corrected chi connectivity index (χ3v) is 10.4. The van der Waals surface area contributed by atoms with Gasteiger partial charge >= 0.3 is 5.97 Å². The number of carbonyl (C=O) groups excluding carboxylic acids is 1. The number of alkyl halides is 1. The topological polar surface area (TPSA) is 104 Å². The van der Waals surface area contributed by atoms with Gasteiger partial charge in [0.05, 0.1) is 51.0 Å². The van der Waals surface area contributed by atoms with Crippen molar-refractivity contribution in [2.75, 3.05) is 26.5 Å². The lowest BCUT2D eigenvalue weighted by Crippen LogP contribution is -2.63. The molecule has 3 bridgehead atoms. The van der Waals surface area contributed by atoms with Crippen molar-refractivity contribution < 1.29 is 43.2 Å². The Morgan fingerprint density at radius 2 is 1.75 bits per heavy atom. The van der Waals surface area contributed by atoms with Gasteiger partial charge in [0.2, 0.25) is 0 Å². The molecule has 3 saturated heterocycles. The first kappa shape index (κ1) is 32.3. The van der Waals surface area contributed by atoms with Crippen LogP contribution in [0, 0.1) is 17.8 Å². The summed E-state index contributed by atoms with van der Waals surface area (Å²) in [6.45, 7) is 13.5.